The highest BCUT2D eigenvalue weighted by atomic mass is 16.5. The molecule has 0 aliphatic carbocycles. The Labute approximate surface area is 118 Å². The number of ether oxygens (including phenoxy) is 2. The molecule has 0 aliphatic heterocycles. The molecule has 1 aromatic carbocycles. The summed E-state index contributed by atoms with van der Waals surface area (Å²) in [6, 6.07) is 7.10. The van der Waals surface area contributed by atoms with E-state index in [-0.39, 0.29) is 37.9 Å². The molecule has 0 atom stereocenters. The van der Waals surface area contributed by atoms with Crippen LogP contribution >= 0.6 is 0 Å². The van der Waals surface area contributed by atoms with E-state index in [2.05, 4.69) is 5.32 Å². The van der Waals surface area contributed by atoms with Crippen LogP contribution in [0.25, 0.3) is 0 Å². The second-order valence-corrected chi connectivity index (χ2v) is 4.04. The van der Waals surface area contributed by atoms with Crippen molar-refractivity contribution < 1.29 is 19.1 Å². The molecule has 0 aliphatic rings. The highest BCUT2D eigenvalue weighted by molar-refractivity contribution is 5.77. The number of hydrogen-bond acceptors (Lipinski definition) is 5. The zero-order valence-electron chi connectivity index (χ0n) is 11.6. The van der Waals surface area contributed by atoms with Gasteiger partial charge in [-0.25, -0.2) is 0 Å². The second-order valence-electron chi connectivity index (χ2n) is 4.04. The number of anilines is 1. The lowest BCUT2D eigenvalue weighted by molar-refractivity contribution is -0.143. The minimum absolute atomic E-state index is 0.173. The fourth-order valence-corrected chi connectivity index (χ4v) is 1.49. The van der Waals surface area contributed by atoms with Crippen molar-refractivity contribution in [2.75, 3.05) is 25.5 Å². The molecule has 0 heterocycles. The average Bonchev–Trinajstić information content (AvgIpc) is 2.41. The Morgan fingerprint density at radius 3 is 2.70 bits per heavy atom. The van der Waals surface area contributed by atoms with Gasteiger partial charge in [-0.15, -0.1) is 0 Å². The normalized spacial score (nSPS) is 9.85. The highest BCUT2D eigenvalue weighted by Crippen LogP contribution is 2.19. The van der Waals surface area contributed by atoms with Gasteiger partial charge in [-0.05, 0) is 19.1 Å². The summed E-state index contributed by atoms with van der Waals surface area (Å²) in [6.45, 7) is 2.59. The van der Waals surface area contributed by atoms with Crippen LogP contribution in [0.4, 0.5) is 5.69 Å². The molecule has 6 nitrogen and oxygen atoms in total. The Morgan fingerprint density at radius 2 is 2.00 bits per heavy atom. The number of esters is 1. The molecular formula is C14H20N2O4. The van der Waals surface area contributed by atoms with Gasteiger partial charge in [0.15, 0.2) is 0 Å². The van der Waals surface area contributed by atoms with Gasteiger partial charge < -0.3 is 20.5 Å². The zero-order valence-corrected chi connectivity index (χ0v) is 11.6. The molecule has 1 aromatic rings. The molecule has 1 amide bonds. The van der Waals surface area contributed by atoms with Crippen LogP contribution in [0, 0.1) is 0 Å². The maximum atomic E-state index is 11.5. The number of carbonyl (C=O) groups is 2. The summed E-state index contributed by atoms with van der Waals surface area (Å²) in [5.74, 6) is 0.0664. The summed E-state index contributed by atoms with van der Waals surface area (Å²) in [4.78, 5) is 22.5. The topological polar surface area (TPSA) is 90.6 Å². The lowest BCUT2D eigenvalue weighted by atomic mass is 10.3. The van der Waals surface area contributed by atoms with Gasteiger partial charge in [0.2, 0.25) is 5.91 Å². The molecule has 0 bridgehead atoms. The van der Waals surface area contributed by atoms with E-state index in [1.807, 2.05) is 12.1 Å². The molecule has 0 fully saturated rings. The minimum Gasteiger partial charge on any atom is -0.491 e. The number of nitrogens with two attached hydrogens (primary N) is 1. The zero-order chi connectivity index (χ0) is 14.8. The lowest BCUT2D eigenvalue weighted by Crippen LogP contribution is -2.27. The first-order chi connectivity index (χ1) is 9.63. The second kappa shape index (κ2) is 8.79. The van der Waals surface area contributed by atoms with Gasteiger partial charge in [-0.3, -0.25) is 9.59 Å². The quantitative estimate of drug-likeness (QED) is 0.550. The number of benzene rings is 1. The molecule has 0 radical (unpaired) electrons. The summed E-state index contributed by atoms with van der Waals surface area (Å²) in [6.07, 6.45) is 0.378. The average molecular weight is 280 g/mol. The van der Waals surface area contributed by atoms with Crippen molar-refractivity contribution in [3.8, 4) is 5.75 Å². The molecule has 6 heteroatoms. The van der Waals surface area contributed by atoms with E-state index in [1.54, 1.807) is 19.1 Å². The van der Waals surface area contributed by atoms with Gasteiger partial charge in [0, 0.05) is 6.54 Å². The summed E-state index contributed by atoms with van der Waals surface area (Å²) in [5, 5.41) is 2.62. The third-order valence-electron chi connectivity index (χ3n) is 2.46. The predicted molar refractivity (Wildman–Crippen MR) is 75.2 cm³/mol. The summed E-state index contributed by atoms with van der Waals surface area (Å²) in [7, 11) is 0. The molecule has 0 aromatic heterocycles. The first kappa shape index (κ1) is 15.8. The third-order valence-corrected chi connectivity index (χ3v) is 2.46. The van der Waals surface area contributed by atoms with Crippen molar-refractivity contribution in [3.63, 3.8) is 0 Å². The van der Waals surface area contributed by atoms with Gasteiger partial charge in [0.05, 0.1) is 31.7 Å². The molecule has 0 saturated carbocycles. The van der Waals surface area contributed by atoms with Crippen molar-refractivity contribution in [1.29, 1.82) is 0 Å². The Kier molecular flexibility index (Phi) is 6.95. The van der Waals surface area contributed by atoms with Crippen LogP contribution in [0.2, 0.25) is 0 Å². The first-order valence-corrected chi connectivity index (χ1v) is 6.53. The summed E-state index contributed by atoms with van der Waals surface area (Å²) >= 11 is 0. The molecule has 0 spiro atoms. The molecule has 110 valence electrons. The van der Waals surface area contributed by atoms with Crippen molar-refractivity contribution in [2.24, 2.45) is 0 Å². The van der Waals surface area contributed by atoms with E-state index >= 15 is 0 Å². The van der Waals surface area contributed by atoms with Crippen LogP contribution in [-0.2, 0) is 14.3 Å². The largest absolute Gasteiger partial charge is 0.491 e. The van der Waals surface area contributed by atoms with Crippen LogP contribution in [0.1, 0.15) is 19.8 Å². The summed E-state index contributed by atoms with van der Waals surface area (Å²) in [5.41, 5.74) is 6.24. The van der Waals surface area contributed by atoms with Gasteiger partial charge >= 0.3 is 5.97 Å². The van der Waals surface area contributed by atoms with E-state index in [0.29, 0.717) is 18.0 Å². The van der Waals surface area contributed by atoms with Crippen molar-refractivity contribution >= 4 is 17.6 Å². The van der Waals surface area contributed by atoms with Crippen LogP contribution in [0.5, 0.6) is 5.75 Å². The number of carbonyl (C=O) groups excluding carboxylic acids is 2. The minimum atomic E-state index is -0.318. The Morgan fingerprint density at radius 1 is 1.25 bits per heavy atom. The van der Waals surface area contributed by atoms with Crippen LogP contribution in [-0.4, -0.2) is 31.6 Å². The third kappa shape index (κ3) is 6.08. The fourth-order valence-electron chi connectivity index (χ4n) is 1.49. The van der Waals surface area contributed by atoms with Crippen LogP contribution in [0.15, 0.2) is 24.3 Å². The van der Waals surface area contributed by atoms with Crippen LogP contribution in [0.3, 0.4) is 0 Å². The Balaban J connectivity index is 2.14. The van der Waals surface area contributed by atoms with Gasteiger partial charge in [-0.1, -0.05) is 12.1 Å². The number of para-hydroxylation sites is 2. The number of rotatable bonds is 8. The van der Waals surface area contributed by atoms with E-state index in [1.165, 1.54) is 0 Å². The SMILES string of the molecule is CCOC(=O)CCNC(=O)CCOc1ccccc1N. The number of nitrogens with one attached hydrogen (secondary N) is 1. The standard InChI is InChI=1S/C14H20N2O4/c1-2-19-14(18)7-9-16-13(17)8-10-20-12-6-4-3-5-11(12)15/h3-6H,2,7-10,15H2,1H3,(H,16,17). The maximum Gasteiger partial charge on any atom is 0.307 e. The highest BCUT2D eigenvalue weighted by Gasteiger charge is 2.05. The van der Waals surface area contributed by atoms with Gasteiger partial charge in [0.1, 0.15) is 5.75 Å². The molecule has 0 unspecified atom stereocenters. The number of nitrogen functional groups attached to an aromatic ring is 1. The smallest absolute Gasteiger partial charge is 0.307 e. The van der Waals surface area contributed by atoms with Gasteiger partial charge in [0.25, 0.3) is 0 Å². The van der Waals surface area contributed by atoms with Crippen molar-refractivity contribution in [3.05, 3.63) is 24.3 Å². The number of amides is 1. The lowest BCUT2D eigenvalue weighted by Gasteiger charge is -2.08. The monoisotopic (exact) mass is 280 g/mol. The maximum absolute atomic E-state index is 11.5. The van der Waals surface area contributed by atoms with E-state index in [0.717, 1.165) is 0 Å². The Bertz CT molecular complexity index is 449. The molecule has 20 heavy (non-hydrogen) atoms. The first-order valence-electron chi connectivity index (χ1n) is 6.53. The van der Waals surface area contributed by atoms with Crippen LogP contribution < -0.4 is 15.8 Å². The van der Waals surface area contributed by atoms with E-state index in [9.17, 15) is 9.59 Å². The van der Waals surface area contributed by atoms with Gasteiger partial charge in [-0.2, -0.15) is 0 Å². The fraction of sp³-hybridized carbons (Fsp3) is 0.429. The molecule has 3 N–H and O–H groups in total. The van der Waals surface area contributed by atoms with E-state index in [4.69, 9.17) is 15.2 Å². The molecule has 0 saturated heterocycles. The van der Waals surface area contributed by atoms with E-state index < -0.39 is 0 Å². The predicted octanol–water partition coefficient (Wildman–Crippen LogP) is 1.11. The van der Waals surface area contributed by atoms with Crippen molar-refractivity contribution in [2.45, 2.75) is 19.8 Å². The van der Waals surface area contributed by atoms with Crippen molar-refractivity contribution in [1.82, 2.24) is 5.32 Å². The molecular weight excluding hydrogens is 260 g/mol. The number of hydrogen-bond donors (Lipinski definition) is 2. The summed E-state index contributed by atoms with van der Waals surface area (Å²) < 4.78 is 10.1. The molecule has 1 rings (SSSR count). The Hall–Kier alpha value is -2.24.